The summed E-state index contributed by atoms with van der Waals surface area (Å²) in [4.78, 5) is 4.98. The molecule has 0 aliphatic carbocycles. The topological polar surface area (TPSA) is 36.4 Å². The van der Waals surface area contributed by atoms with E-state index in [2.05, 4.69) is 90.4 Å². The molecule has 0 radical (unpaired) electrons. The van der Waals surface area contributed by atoms with Crippen molar-refractivity contribution in [1.82, 2.24) is 10.6 Å². The van der Waals surface area contributed by atoms with Crippen LogP contribution in [0.2, 0.25) is 0 Å². The second-order valence-electron chi connectivity index (χ2n) is 6.64. The molecule has 26 heavy (non-hydrogen) atoms. The van der Waals surface area contributed by atoms with Crippen molar-refractivity contribution in [3.8, 4) is 0 Å². The van der Waals surface area contributed by atoms with Crippen LogP contribution in [0.1, 0.15) is 41.7 Å². The lowest BCUT2D eigenvalue weighted by molar-refractivity contribution is 0.568. The van der Waals surface area contributed by atoms with Gasteiger partial charge in [0.25, 0.3) is 0 Å². The van der Waals surface area contributed by atoms with Crippen LogP contribution in [0.5, 0.6) is 0 Å². The summed E-state index contributed by atoms with van der Waals surface area (Å²) in [7, 11) is 0. The Morgan fingerprint density at radius 1 is 0.769 bits per heavy atom. The third kappa shape index (κ3) is 3.47. The maximum absolute atomic E-state index is 4.98. The van der Waals surface area contributed by atoms with Crippen molar-refractivity contribution in [1.29, 1.82) is 0 Å². The van der Waals surface area contributed by atoms with Gasteiger partial charge in [0.15, 0.2) is 5.96 Å². The summed E-state index contributed by atoms with van der Waals surface area (Å²) in [5.41, 5.74) is 3.71. The molecular formula is C23H23N3. The van der Waals surface area contributed by atoms with Gasteiger partial charge in [-0.05, 0) is 23.6 Å². The largest absolute Gasteiger partial charge is 0.350 e. The molecule has 3 nitrogen and oxygen atoms in total. The Labute approximate surface area is 154 Å². The smallest absolute Gasteiger partial charge is 0.193 e. The number of nitrogens with one attached hydrogen (secondary N) is 2. The molecule has 0 spiro atoms. The Morgan fingerprint density at radius 3 is 1.92 bits per heavy atom. The number of hydrogen-bond donors (Lipinski definition) is 2. The monoisotopic (exact) mass is 341 g/mol. The molecule has 0 aromatic heterocycles. The standard InChI is InChI=1S/C23H23N3/c1-17(18-11-5-2-6-12-18)24-23-25-21(19-13-7-3-8-14-19)22(26-23)20-15-9-4-10-16-20/h2-17,21-22H,1H3,(H2,24,25,26)/t17-,21-,22-/m0/s1. The molecule has 4 rings (SSSR count). The first-order valence-electron chi connectivity index (χ1n) is 9.07. The molecular weight excluding hydrogens is 318 g/mol. The summed E-state index contributed by atoms with van der Waals surface area (Å²) in [6.45, 7) is 2.16. The average molecular weight is 341 g/mol. The molecule has 3 aromatic carbocycles. The predicted octanol–water partition coefficient (Wildman–Crippen LogP) is 4.78. The van der Waals surface area contributed by atoms with E-state index >= 15 is 0 Å². The molecule has 0 saturated carbocycles. The van der Waals surface area contributed by atoms with E-state index in [1.807, 2.05) is 18.2 Å². The van der Waals surface area contributed by atoms with Gasteiger partial charge in [-0.25, -0.2) is 4.99 Å². The molecule has 3 aromatic rings. The van der Waals surface area contributed by atoms with E-state index < -0.39 is 0 Å². The number of hydrogen-bond acceptors (Lipinski definition) is 3. The van der Waals surface area contributed by atoms with Gasteiger partial charge in [0.2, 0.25) is 0 Å². The van der Waals surface area contributed by atoms with Crippen molar-refractivity contribution < 1.29 is 0 Å². The van der Waals surface area contributed by atoms with E-state index in [-0.39, 0.29) is 18.1 Å². The van der Waals surface area contributed by atoms with Gasteiger partial charge in [-0.15, -0.1) is 0 Å². The second kappa shape index (κ2) is 7.44. The van der Waals surface area contributed by atoms with Crippen LogP contribution in [0, 0.1) is 0 Å². The van der Waals surface area contributed by atoms with Crippen LogP contribution in [-0.4, -0.2) is 5.96 Å². The average Bonchev–Trinajstić information content (AvgIpc) is 3.14. The highest BCUT2D eigenvalue weighted by Crippen LogP contribution is 2.35. The zero-order chi connectivity index (χ0) is 17.8. The van der Waals surface area contributed by atoms with Gasteiger partial charge < -0.3 is 10.6 Å². The number of guanidine groups is 1. The first-order valence-corrected chi connectivity index (χ1v) is 9.07. The zero-order valence-corrected chi connectivity index (χ0v) is 14.8. The lowest BCUT2D eigenvalue weighted by Gasteiger charge is -2.20. The molecule has 1 aliphatic rings. The summed E-state index contributed by atoms with van der Waals surface area (Å²) >= 11 is 0. The Bertz CT molecular complexity index is 860. The first kappa shape index (κ1) is 16.4. The predicted molar refractivity (Wildman–Crippen MR) is 107 cm³/mol. The maximum Gasteiger partial charge on any atom is 0.193 e. The van der Waals surface area contributed by atoms with E-state index in [9.17, 15) is 0 Å². The molecule has 3 atom stereocenters. The van der Waals surface area contributed by atoms with Gasteiger partial charge in [-0.3, -0.25) is 0 Å². The second-order valence-corrected chi connectivity index (χ2v) is 6.64. The molecule has 0 saturated heterocycles. The van der Waals surface area contributed by atoms with Crippen molar-refractivity contribution in [2.45, 2.75) is 25.0 Å². The van der Waals surface area contributed by atoms with Gasteiger partial charge in [0, 0.05) is 0 Å². The molecule has 3 heteroatoms. The quantitative estimate of drug-likeness (QED) is 0.716. The maximum atomic E-state index is 4.98. The van der Waals surface area contributed by atoms with E-state index in [4.69, 9.17) is 4.99 Å². The highest BCUT2D eigenvalue weighted by molar-refractivity contribution is 5.83. The van der Waals surface area contributed by atoms with Crippen molar-refractivity contribution in [3.63, 3.8) is 0 Å². The Hall–Kier alpha value is -3.07. The molecule has 0 amide bonds. The fourth-order valence-corrected chi connectivity index (χ4v) is 3.43. The molecule has 1 aliphatic heterocycles. The normalized spacial score (nSPS) is 20.1. The van der Waals surface area contributed by atoms with Gasteiger partial charge in [0.1, 0.15) is 6.04 Å². The third-order valence-corrected chi connectivity index (χ3v) is 4.83. The molecule has 2 N–H and O–H groups in total. The van der Waals surface area contributed by atoms with E-state index in [1.54, 1.807) is 0 Å². The van der Waals surface area contributed by atoms with Crippen LogP contribution in [-0.2, 0) is 0 Å². The number of aliphatic imine (C=N–C) groups is 1. The minimum absolute atomic E-state index is 0.0593. The lowest BCUT2D eigenvalue weighted by Crippen LogP contribution is -2.37. The van der Waals surface area contributed by atoms with Crippen molar-refractivity contribution in [3.05, 3.63) is 108 Å². The Balaban J connectivity index is 1.60. The van der Waals surface area contributed by atoms with Crippen molar-refractivity contribution in [2.24, 2.45) is 4.99 Å². The van der Waals surface area contributed by atoms with Crippen molar-refractivity contribution >= 4 is 5.96 Å². The third-order valence-electron chi connectivity index (χ3n) is 4.83. The van der Waals surface area contributed by atoms with Crippen LogP contribution in [0.3, 0.4) is 0 Å². The lowest BCUT2D eigenvalue weighted by atomic mass is 9.95. The summed E-state index contributed by atoms with van der Waals surface area (Å²) < 4.78 is 0. The summed E-state index contributed by atoms with van der Waals surface area (Å²) in [6, 6.07) is 31.8. The molecule has 0 bridgehead atoms. The summed E-state index contributed by atoms with van der Waals surface area (Å²) in [5, 5.41) is 7.13. The number of rotatable bonds is 4. The van der Waals surface area contributed by atoms with Gasteiger partial charge in [-0.1, -0.05) is 91.0 Å². The van der Waals surface area contributed by atoms with Crippen LogP contribution in [0.4, 0.5) is 0 Å². The van der Waals surface area contributed by atoms with Crippen LogP contribution >= 0.6 is 0 Å². The molecule has 0 fully saturated rings. The number of nitrogens with zero attached hydrogens (tertiary/aromatic N) is 1. The van der Waals surface area contributed by atoms with Crippen LogP contribution in [0.25, 0.3) is 0 Å². The molecule has 0 unspecified atom stereocenters. The van der Waals surface area contributed by atoms with Gasteiger partial charge >= 0.3 is 0 Å². The highest BCUT2D eigenvalue weighted by Gasteiger charge is 2.31. The van der Waals surface area contributed by atoms with Crippen LogP contribution in [0.15, 0.2) is 96.0 Å². The van der Waals surface area contributed by atoms with Gasteiger partial charge in [0.05, 0.1) is 12.1 Å². The highest BCUT2D eigenvalue weighted by atomic mass is 15.3. The van der Waals surface area contributed by atoms with E-state index in [1.165, 1.54) is 16.7 Å². The van der Waals surface area contributed by atoms with Gasteiger partial charge in [-0.2, -0.15) is 0 Å². The Morgan fingerprint density at radius 2 is 1.31 bits per heavy atom. The minimum Gasteiger partial charge on any atom is -0.350 e. The van der Waals surface area contributed by atoms with Crippen LogP contribution < -0.4 is 10.6 Å². The fourth-order valence-electron chi connectivity index (χ4n) is 3.43. The van der Waals surface area contributed by atoms with E-state index in [0.29, 0.717) is 0 Å². The van der Waals surface area contributed by atoms with E-state index in [0.717, 1.165) is 5.96 Å². The molecule has 1 heterocycles. The SMILES string of the molecule is C[C@H](NC1=N[C@@H](c2ccccc2)[C@H](c2ccccc2)N1)c1ccccc1. The summed E-state index contributed by atoms with van der Waals surface area (Å²) in [5.74, 6) is 0.851. The Kier molecular flexibility index (Phi) is 4.69. The van der Waals surface area contributed by atoms with Crippen molar-refractivity contribution in [2.75, 3.05) is 0 Å². The minimum atomic E-state index is 0.0593. The number of benzene rings is 3. The summed E-state index contributed by atoms with van der Waals surface area (Å²) in [6.07, 6.45) is 0. The first-order chi connectivity index (χ1) is 12.8. The molecule has 130 valence electrons. The zero-order valence-electron chi connectivity index (χ0n) is 14.8. The fraction of sp³-hybridized carbons (Fsp3) is 0.174.